The third kappa shape index (κ3) is 2.87. The van der Waals surface area contributed by atoms with Crippen molar-refractivity contribution in [2.45, 2.75) is 51.8 Å². The molecule has 1 aromatic heterocycles. The summed E-state index contributed by atoms with van der Waals surface area (Å²) in [6.07, 6.45) is 5.54. The van der Waals surface area contributed by atoms with Crippen LogP contribution in [0.3, 0.4) is 0 Å². The van der Waals surface area contributed by atoms with Crippen LogP contribution in [-0.2, 0) is 0 Å². The Morgan fingerprint density at radius 3 is 2.88 bits per heavy atom. The molecule has 0 saturated carbocycles. The van der Waals surface area contributed by atoms with Gasteiger partial charge in [0, 0.05) is 23.8 Å². The van der Waals surface area contributed by atoms with Crippen LogP contribution >= 0.6 is 0 Å². The van der Waals surface area contributed by atoms with Crippen LogP contribution in [0.4, 0.5) is 0 Å². The lowest BCUT2D eigenvalue weighted by atomic mass is 9.89. The SMILES string of the molecule is CC1CCNC(C(O)c2cnn(C(C)C)c2)C1. The Morgan fingerprint density at radius 2 is 2.29 bits per heavy atom. The molecular weight excluding hydrogens is 214 g/mol. The van der Waals surface area contributed by atoms with E-state index in [1.54, 1.807) is 6.20 Å². The Bertz CT molecular complexity index is 361. The molecule has 4 nitrogen and oxygen atoms in total. The monoisotopic (exact) mass is 237 g/mol. The predicted molar refractivity (Wildman–Crippen MR) is 67.8 cm³/mol. The molecule has 2 rings (SSSR count). The van der Waals surface area contributed by atoms with Crippen LogP contribution in [0.25, 0.3) is 0 Å². The average molecular weight is 237 g/mol. The highest BCUT2D eigenvalue weighted by Crippen LogP contribution is 2.25. The molecular formula is C13H23N3O. The molecule has 3 atom stereocenters. The molecule has 0 aliphatic carbocycles. The van der Waals surface area contributed by atoms with Gasteiger partial charge in [-0.25, -0.2) is 0 Å². The topological polar surface area (TPSA) is 50.1 Å². The maximum Gasteiger partial charge on any atom is 0.0973 e. The number of aromatic nitrogens is 2. The summed E-state index contributed by atoms with van der Waals surface area (Å²) in [5, 5.41) is 18.0. The first kappa shape index (κ1) is 12.6. The van der Waals surface area contributed by atoms with Gasteiger partial charge < -0.3 is 10.4 Å². The number of rotatable bonds is 3. The summed E-state index contributed by atoms with van der Waals surface area (Å²) < 4.78 is 1.89. The summed E-state index contributed by atoms with van der Waals surface area (Å²) in [5.41, 5.74) is 0.922. The number of hydrogen-bond donors (Lipinski definition) is 2. The van der Waals surface area contributed by atoms with Crippen molar-refractivity contribution in [2.75, 3.05) is 6.54 Å². The van der Waals surface area contributed by atoms with Crippen molar-refractivity contribution in [3.63, 3.8) is 0 Å². The Morgan fingerprint density at radius 1 is 1.53 bits per heavy atom. The van der Waals surface area contributed by atoms with Crippen LogP contribution < -0.4 is 5.32 Å². The highest BCUT2D eigenvalue weighted by Gasteiger charge is 2.26. The van der Waals surface area contributed by atoms with E-state index >= 15 is 0 Å². The van der Waals surface area contributed by atoms with Gasteiger partial charge in [0.1, 0.15) is 0 Å². The van der Waals surface area contributed by atoms with Gasteiger partial charge in [0.15, 0.2) is 0 Å². The lowest BCUT2D eigenvalue weighted by Crippen LogP contribution is -2.41. The predicted octanol–water partition coefficient (Wildman–Crippen LogP) is 1.89. The van der Waals surface area contributed by atoms with E-state index in [4.69, 9.17) is 0 Å². The van der Waals surface area contributed by atoms with Crippen LogP contribution in [-0.4, -0.2) is 27.5 Å². The van der Waals surface area contributed by atoms with E-state index in [0.29, 0.717) is 12.0 Å². The van der Waals surface area contributed by atoms with Crippen LogP contribution in [0, 0.1) is 5.92 Å². The van der Waals surface area contributed by atoms with Crippen LogP contribution in [0.5, 0.6) is 0 Å². The third-order valence-electron chi connectivity index (χ3n) is 3.57. The second kappa shape index (κ2) is 5.19. The molecule has 2 N–H and O–H groups in total. The van der Waals surface area contributed by atoms with E-state index in [2.05, 4.69) is 31.2 Å². The Hall–Kier alpha value is -0.870. The molecule has 0 radical (unpaired) electrons. The molecule has 1 saturated heterocycles. The smallest absolute Gasteiger partial charge is 0.0973 e. The number of aliphatic hydroxyl groups is 1. The number of hydrogen-bond acceptors (Lipinski definition) is 3. The number of piperidine rings is 1. The van der Waals surface area contributed by atoms with Gasteiger partial charge >= 0.3 is 0 Å². The van der Waals surface area contributed by atoms with Gasteiger partial charge in [-0.15, -0.1) is 0 Å². The highest BCUT2D eigenvalue weighted by atomic mass is 16.3. The molecule has 0 bridgehead atoms. The van der Waals surface area contributed by atoms with Gasteiger partial charge in [-0.3, -0.25) is 4.68 Å². The largest absolute Gasteiger partial charge is 0.387 e. The fraction of sp³-hybridized carbons (Fsp3) is 0.769. The van der Waals surface area contributed by atoms with Crippen molar-refractivity contribution in [1.82, 2.24) is 15.1 Å². The van der Waals surface area contributed by atoms with Crippen molar-refractivity contribution in [1.29, 1.82) is 0 Å². The van der Waals surface area contributed by atoms with E-state index in [-0.39, 0.29) is 6.04 Å². The van der Waals surface area contributed by atoms with Crippen molar-refractivity contribution >= 4 is 0 Å². The first-order chi connectivity index (χ1) is 8.08. The zero-order chi connectivity index (χ0) is 12.4. The summed E-state index contributed by atoms with van der Waals surface area (Å²) >= 11 is 0. The zero-order valence-electron chi connectivity index (χ0n) is 10.9. The van der Waals surface area contributed by atoms with Gasteiger partial charge in [0.05, 0.1) is 12.3 Å². The number of nitrogens with one attached hydrogen (secondary N) is 1. The molecule has 1 aliphatic rings. The van der Waals surface area contributed by atoms with Gasteiger partial charge in [-0.2, -0.15) is 5.10 Å². The fourth-order valence-corrected chi connectivity index (χ4v) is 2.41. The van der Waals surface area contributed by atoms with Gasteiger partial charge in [-0.05, 0) is 39.2 Å². The minimum absolute atomic E-state index is 0.170. The van der Waals surface area contributed by atoms with E-state index in [1.807, 2.05) is 10.9 Å². The average Bonchev–Trinajstić information content (AvgIpc) is 2.77. The molecule has 3 unspecified atom stereocenters. The molecule has 96 valence electrons. The Kier molecular flexibility index (Phi) is 3.84. The van der Waals surface area contributed by atoms with Crippen LogP contribution in [0.15, 0.2) is 12.4 Å². The van der Waals surface area contributed by atoms with E-state index in [1.165, 1.54) is 6.42 Å². The minimum atomic E-state index is -0.440. The Balaban J connectivity index is 2.04. The molecule has 1 aromatic rings. The molecule has 2 heterocycles. The normalized spacial score (nSPS) is 27.4. The molecule has 0 aromatic carbocycles. The van der Waals surface area contributed by atoms with Crippen molar-refractivity contribution in [3.8, 4) is 0 Å². The van der Waals surface area contributed by atoms with Crippen LogP contribution in [0.1, 0.15) is 51.3 Å². The zero-order valence-corrected chi connectivity index (χ0v) is 10.9. The lowest BCUT2D eigenvalue weighted by molar-refractivity contribution is 0.101. The second-order valence-corrected chi connectivity index (χ2v) is 5.48. The van der Waals surface area contributed by atoms with Gasteiger partial charge in [0.2, 0.25) is 0 Å². The number of nitrogens with zero attached hydrogens (tertiary/aromatic N) is 2. The summed E-state index contributed by atoms with van der Waals surface area (Å²) in [6, 6.07) is 0.512. The van der Waals surface area contributed by atoms with Gasteiger partial charge in [-0.1, -0.05) is 6.92 Å². The first-order valence-electron chi connectivity index (χ1n) is 6.53. The molecule has 0 amide bonds. The number of aliphatic hydroxyl groups excluding tert-OH is 1. The maximum absolute atomic E-state index is 10.3. The standard InChI is InChI=1S/C13H23N3O/c1-9(2)16-8-11(7-15-16)13(17)12-6-10(3)4-5-14-12/h7-10,12-14,17H,4-6H2,1-3H3. The third-order valence-corrected chi connectivity index (χ3v) is 3.57. The molecule has 1 aliphatic heterocycles. The molecule has 1 fully saturated rings. The fourth-order valence-electron chi connectivity index (χ4n) is 2.41. The van der Waals surface area contributed by atoms with Crippen molar-refractivity contribution in [2.24, 2.45) is 5.92 Å². The van der Waals surface area contributed by atoms with Crippen molar-refractivity contribution in [3.05, 3.63) is 18.0 Å². The summed E-state index contributed by atoms with van der Waals surface area (Å²) in [4.78, 5) is 0. The quantitative estimate of drug-likeness (QED) is 0.844. The molecule has 4 heteroatoms. The highest BCUT2D eigenvalue weighted by molar-refractivity contribution is 5.11. The van der Waals surface area contributed by atoms with E-state index < -0.39 is 6.10 Å². The molecule has 17 heavy (non-hydrogen) atoms. The van der Waals surface area contributed by atoms with E-state index in [9.17, 15) is 5.11 Å². The Labute approximate surface area is 103 Å². The minimum Gasteiger partial charge on any atom is -0.387 e. The summed E-state index contributed by atoms with van der Waals surface area (Å²) in [7, 11) is 0. The first-order valence-corrected chi connectivity index (χ1v) is 6.53. The second-order valence-electron chi connectivity index (χ2n) is 5.48. The van der Waals surface area contributed by atoms with Crippen LogP contribution in [0.2, 0.25) is 0 Å². The van der Waals surface area contributed by atoms with E-state index in [0.717, 1.165) is 18.5 Å². The maximum atomic E-state index is 10.3. The molecule has 0 spiro atoms. The lowest BCUT2D eigenvalue weighted by Gasteiger charge is -2.31. The van der Waals surface area contributed by atoms with Gasteiger partial charge in [0.25, 0.3) is 0 Å². The summed E-state index contributed by atoms with van der Waals surface area (Å²) in [5.74, 6) is 0.691. The summed E-state index contributed by atoms with van der Waals surface area (Å²) in [6.45, 7) is 7.42. The van der Waals surface area contributed by atoms with Crippen molar-refractivity contribution < 1.29 is 5.11 Å².